The number of benzene rings is 2. The molecule has 0 radical (unpaired) electrons. The highest BCUT2D eigenvalue weighted by atomic mass is 16.1. The van der Waals surface area contributed by atoms with E-state index >= 15 is 0 Å². The molecule has 0 aliphatic heterocycles. The van der Waals surface area contributed by atoms with E-state index in [0.29, 0.717) is 5.57 Å². The SMILES string of the molecule is C=C(C=O)[C@H](Cc1ccccc1)c1ccc(C)c(C)c1. The predicted molar refractivity (Wildman–Crippen MR) is 84.0 cm³/mol. The summed E-state index contributed by atoms with van der Waals surface area (Å²) in [6.07, 6.45) is 1.68. The lowest BCUT2D eigenvalue weighted by molar-refractivity contribution is -0.105. The average molecular weight is 264 g/mol. The van der Waals surface area contributed by atoms with Crippen molar-refractivity contribution in [3.05, 3.63) is 82.9 Å². The number of allylic oxidation sites excluding steroid dienone is 1. The van der Waals surface area contributed by atoms with Gasteiger partial charge in [0.1, 0.15) is 6.29 Å². The molecular formula is C19H20O. The summed E-state index contributed by atoms with van der Waals surface area (Å²) in [4.78, 5) is 11.2. The Morgan fingerprint density at radius 2 is 1.80 bits per heavy atom. The number of carbonyl (C=O) groups excluding carboxylic acids is 1. The van der Waals surface area contributed by atoms with E-state index in [1.807, 2.05) is 18.2 Å². The van der Waals surface area contributed by atoms with Crippen molar-refractivity contribution in [2.45, 2.75) is 26.2 Å². The van der Waals surface area contributed by atoms with Gasteiger partial charge in [-0.3, -0.25) is 4.79 Å². The molecule has 0 heterocycles. The minimum absolute atomic E-state index is 0.0502. The molecule has 0 aliphatic rings. The molecule has 102 valence electrons. The van der Waals surface area contributed by atoms with E-state index < -0.39 is 0 Å². The summed E-state index contributed by atoms with van der Waals surface area (Å²) < 4.78 is 0. The molecule has 2 rings (SSSR count). The Labute approximate surface area is 121 Å². The van der Waals surface area contributed by atoms with Crippen LogP contribution in [0.5, 0.6) is 0 Å². The Kier molecular flexibility index (Phi) is 4.52. The molecule has 2 aromatic rings. The fourth-order valence-electron chi connectivity index (χ4n) is 2.38. The highest BCUT2D eigenvalue weighted by Gasteiger charge is 2.16. The van der Waals surface area contributed by atoms with Gasteiger partial charge in [-0.15, -0.1) is 0 Å². The molecule has 0 unspecified atom stereocenters. The Morgan fingerprint density at radius 1 is 1.10 bits per heavy atom. The van der Waals surface area contributed by atoms with Crippen LogP contribution < -0.4 is 0 Å². The quantitative estimate of drug-likeness (QED) is 0.578. The molecule has 0 bridgehead atoms. The zero-order chi connectivity index (χ0) is 14.5. The second-order valence-electron chi connectivity index (χ2n) is 5.28. The molecule has 1 nitrogen and oxygen atoms in total. The van der Waals surface area contributed by atoms with Crippen molar-refractivity contribution in [3.8, 4) is 0 Å². The van der Waals surface area contributed by atoms with Gasteiger partial charge in [0.25, 0.3) is 0 Å². The van der Waals surface area contributed by atoms with E-state index in [2.05, 4.69) is 50.8 Å². The van der Waals surface area contributed by atoms with Crippen LogP contribution in [0.4, 0.5) is 0 Å². The molecule has 0 amide bonds. The maximum Gasteiger partial charge on any atom is 0.146 e. The molecule has 2 aromatic carbocycles. The van der Waals surface area contributed by atoms with Crippen LogP contribution in [0.25, 0.3) is 0 Å². The van der Waals surface area contributed by atoms with Gasteiger partial charge in [-0.25, -0.2) is 0 Å². The normalized spacial score (nSPS) is 11.9. The summed E-state index contributed by atoms with van der Waals surface area (Å²) >= 11 is 0. The van der Waals surface area contributed by atoms with Crippen molar-refractivity contribution in [3.63, 3.8) is 0 Å². The fraction of sp³-hybridized carbons (Fsp3) is 0.211. The molecule has 0 saturated carbocycles. The monoisotopic (exact) mass is 264 g/mol. The van der Waals surface area contributed by atoms with Crippen LogP contribution in [-0.4, -0.2) is 6.29 Å². The Morgan fingerprint density at radius 3 is 2.40 bits per heavy atom. The highest BCUT2D eigenvalue weighted by Crippen LogP contribution is 2.28. The minimum Gasteiger partial charge on any atom is -0.298 e. The number of aryl methyl sites for hydroxylation is 2. The molecule has 20 heavy (non-hydrogen) atoms. The fourth-order valence-corrected chi connectivity index (χ4v) is 2.38. The number of rotatable bonds is 5. The number of aldehydes is 1. The summed E-state index contributed by atoms with van der Waals surface area (Å²) in [5, 5.41) is 0. The summed E-state index contributed by atoms with van der Waals surface area (Å²) in [7, 11) is 0. The third kappa shape index (κ3) is 3.24. The lowest BCUT2D eigenvalue weighted by Gasteiger charge is -2.18. The van der Waals surface area contributed by atoms with Crippen LogP contribution >= 0.6 is 0 Å². The van der Waals surface area contributed by atoms with E-state index in [9.17, 15) is 4.79 Å². The molecule has 0 saturated heterocycles. The van der Waals surface area contributed by atoms with Crippen molar-refractivity contribution in [2.75, 3.05) is 0 Å². The zero-order valence-electron chi connectivity index (χ0n) is 12.1. The average Bonchev–Trinajstić information content (AvgIpc) is 2.48. The number of carbonyl (C=O) groups is 1. The maximum atomic E-state index is 11.2. The van der Waals surface area contributed by atoms with Gasteiger partial charge in [0.15, 0.2) is 0 Å². The van der Waals surface area contributed by atoms with E-state index in [1.54, 1.807) is 0 Å². The molecular weight excluding hydrogens is 244 g/mol. The van der Waals surface area contributed by atoms with Gasteiger partial charge in [0.2, 0.25) is 0 Å². The van der Waals surface area contributed by atoms with Crippen molar-refractivity contribution in [1.82, 2.24) is 0 Å². The van der Waals surface area contributed by atoms with Gasteiger partial charge < -0.3 is 0 Å². The van der Waals surface area contributed by atoms with E-state index in [4.69, 9.17) is 0 Å². The van der Waals surface area contributed by atoms with Gasteiger partial charge in [-0.1, -0.05) is 55.1 Å². The molecule has 1 heteroatoms. The number of hydrogen-bond donors (Lipinski definition) is 0. The summed E-state index contributed by atoms with van der Waals surface area (Å²) in [6, 6.07) is 16.6. The van der Waals surface area contributed by atoms with Crippen LogP contribution in [0.1, 0.15) is 28.2 Å². The molecule has 1 atom stereocenters. The first-order valence-electron chi connectivity index (χ1n) is 6.87. The predicted octanol–water partition coefficient (Wildman–Crippen LogP) is 4.38. The Balaban J connectivity index is 2.34. The van der Waals surface area contributed by atoms with Gasteiger partial charge in [0.05, 0.1) is 0 Å². The largest absolute Gasteiger partial charge is 0.298 e. The van der Waals surface area contributed by atoms with Crippen molar-refractivity contribution < 1.29 is 4.79 Å². The van der Waals surface area contributed by atoms with Gasteiger partial charge in [-0.05, 0) is 48.1 Å². The first kappa shape index (κ1) is 14.3. The van der Waals surface area contributed by atoms with Gasteiger partial charge in [0, 0.05) is 5.92 Å². The molecule has 0 fully saturated rings. The Bertz CT molecular complexity index is 611. The van der Waals surface area contributed by atoms with Crippen molar-refractivity contribution in [2.24, 2.45) is 0 Å². The van der Waals surface area contributed by atoms with Crippen LogP contribution in [0.15, 0.2) is 60.7 Å². The minimum atomic E-state index is 0.0502. The van der Waals surface area contributed by atoms with E-state index in [-0.39, 0.29) is 5.92 Å². The van der Waals surface area contributed by atoms with Crippen molar-refractivity contribution in [1.29, 1.82) is 0 Å². The molecule has 0 spiro atoms. The molecule has 0 aliphatic carbocycles. The summed E-state index contributed by atoms with van der Waals surface area (Å²) in [6.45, 7) is 8.13. The lowest BCUT2D eigenvalue weighted by atomic mass is 9.85. The third-order valence-corrected chi connectivity index (χ3v) is 3.81. The van der Waals surface area contributed by atoms with Crippen LogP contribution in [-0.2, 0) is 11.2 Å². The first-order valence-corrected chi connectivity index (χ1v) is 6.87. The van der Waals surface area contributed by atoms with Gasteiger partial charge >= 0.3 is 0 Å². The van der Waals surface area contributed by atoms with Crippen LogP contribution in [0.2, 0.25) is 0 Å². The maximum absolute atomic E-state index is 11.2. The van der Waals surface area contributed by atoms with Crippen LogP contribution in [0, 0.1) is 13.8 Å². The zero-order valence-corrected chi connectivity index (χ0v) is 12.1. The standard InChI is InChI=1S/C19H20O/c1-14-9-10-18(11-15(14)2)19(16(3)13-20)12-17-7-5-4-6-8-17/h4-11,13,19H,3,12H2,1-2H3/t19-/m0/s1. The number of hydrogen-bond acceptors (Lipinski definition) is 1. The van der Waals surface area contributed by atoms with Crippen LogP contribution in [0.3, 0.4) is 0 Å². The molecule has 0 aromatic heterocycles. The summed E-state index contributed by atoms with van der Waals surface area (Å²) in [5.74, 6) is 0.0502. The first-order chi connectivity index (χ1) is 9.61. The lowest BCUT2D eigenvalue weighted by Crippen LogP contribution is -2.07. The van der Waals surface area contributed by atoms with E-state index in [0.717, 1.165) is 18.3 Å². The second kappa shape index (κ2) is 6.33. The topological polar surface area (TPSA) is 17.1 Å². The molecule has 0 N–H and O–H groups in total. The smallest absolute Gasteiger partial charge is 0.146 e. The van der Waals surface area contributed by atoms with Crippen molar-refractivity contribution >= 4 is 6.29 Å². The summed E-state index contributed by atoms with van der Waals surface area (Å²) in [5.41, 5.74) is 5.54. The second-order valence-corrected chi connectivity index (χ2v) is 5.28. The van der Waals surface area contributed by atoms with Gasteiger partial charge in [-0.2, -0.15) is 0 Å². The highest BCUT2D eigenvalue weighted by molar-refractivity contribution is 5.75. The third-order valence-electron chi connectivity index (χ3n) is 3.81. The van der Waals surface area contributed by atoms with E-state index in [1.165, 1.54) is 16.7 Å². The Hall–Kier alpha value is -2.15.